The molecule has 0 aromatic heterocycles. The topological polar surface area (TPSA) is 20.3 Å². The predicted octanol–water partition coefficient (Wildman–Crippen LogP) is 4.67. The van der Waals surface area contributed by atoms with Crippen molar-refractivity contribution in [1.82, 2.24) is 4.90 Å². The van der Waals surface area contributed by atoms with Gasteiger partial charge in [0, 0.05) is 41.8 Å². The number of benzene rings is 1. The molecule has 0 N–H and O–H groups in total. The highest BCUT2D eigenvalue weighted by Gasteiger charge is 2.28. The first-order valence-electron chi connectivity index (χ1n) is 6.85. The van der Waals surface area contributed by atoms with Crippen molar-refractivity contribution in [3.05, 3.63) is 45.6 Å². The lowest BCUT2D eigenvalue weighted by atomic mass is 9.89. The van der Waals surface area contributed by atoms with E-state index in [2.05, 4.69) is 0 Å². The number of ketones is 1. The number of allylic oxidation sites excluding steroid dienone is 1. The Bertz CT molecular complexity index is 537. The summed E-state index contributed by atoms with van der Waals surface area (Å²) in [5.41, 5.74) is 1.74. The molecule has 0 spiro atoms. The molecule has 2 rings (SSSR count). The highest BCUT2D eigenvalue weighted by Crippen LogP contribution is 2.36. The van der Waals surface area contributed by atoms with Crippen LogP contribution in [0.25, 0.3) is 0 Å². The molecule has 20 heavy (non-hydrogen) atoms. The molecule has 1 fully saturated rings. The summed E-state index contributed by atoms with van der Waals surface area (Å²) in [6.45, 7) is 0. The lowest BCUT2D eigenvalue weighted by Gasteiger charge is -2.17. The predicted molar refractivity (Wildman–Crippen MR) is 84.4 cm³/mol. The molecule has 1 saturated carbocycles. The normalized spacial score (nSPS) is 21.9. The maximum atomic E-state index is 12.7. The lowest BCUT2D eigenvalue weighted by Crippen LogP contribution is -2.16. The molecule has 0 radical (unpaired) electrons. The maximum absolute atomic E-state index is 12.7. The number of Topliss-reactive ketones (excluding diaryl/α,β-unsaturated/α-hetero) is 1. The summed E-state index contributed by atoms with van der Waals surface area (Å²) in [7, 11) is 3.87. The minimum Gasteiger partial charge on any atom is -0.383 e. The summed E-state index contributed by atoms with van der Waals surface area (Å²) in [4.78, 5) is 14.7. The van der Waals surface area contributed by atoms with Gasteiger partial charge in [0.2, 0.25) is 0 Å². The van der Waals surface area contributed by atoms with Crippen molar-refractivity contribution in [3.63, 3.8) is 0 Å². The van der Waals surface area contributed by atoms with Gasteiger partial charge in [-0.2, -0.15) is 0 Å². The quantitative estimate of drug-likeness (QED) is 0.584. The second-order valence-electron chi connectivity index (χ2n) is 5.45. The third-order valence-corrected chi connectivity index (χ3v) is 4.15. The first-order valence-corrected chi connectivity index (χ1v) is 7.61. The van der Waals surface area contributed by atoms with E-state index in [9.17, 15) is 4.79 Å². The number of carbonyl (C=O) groups is 1. The van der Waals surface area contributed by atoms with Gasteiger partial charge in [0.1, 0.15) is 0 Å². The molecule has 0 bridgehead atoms. The Morgan fingerprint density at radius 1 is 1.25 bits per heavy atom. The molecule has 1 aromatic carbocycles. The molecular weight excluding hydrogens is 293 g/mol. The molecule has 1 unspecified atom stereocenters. The number of rotatable bonds is 2. The van der Waals surface area contributed by atoms with E-state index in [1.54, 1.807) is 12.1 Å². The van der Waals surface area contributed by atoms with Crippen LogP contribution in [0.3, 0.4) is 0 Å². The van der Waals surface area contributed by atoms with Crippen LogP contribution in [-0.2, 0) is 4.79 Å². The zero-order valence-electron chi connectivity index (χ0n) is 11.8. The van der Waals surface area contributed by atoms with Gasteiger partial charge in [0.25, 0.3) is 0 Å². The summed E-state index contributed by atoms with van der Waals surface area (Å²) in [5.74, 6) is 0.00951. The third kappa shape index (κ3) is 3.56. The highest BCUT2D eigenvalue weighted by molar-refractivity contribution is 6.34. The van der Waals surface area contributed by atoms with Crippen LogP contribution >= 0.6 is 23.2 Å². The van der Waals surface area contributed by atoms with Crippen LogP contribution in [0.5, 0.6) is 0 Å². The van der Waals surface area contributed by atoms with Crippen molar-refractivity contribution in [3.8, 4) is 0 Å². The molecule has 1 aliphatic carbocycles. The van der Waals surface area contributed by atoms with Gasteiger partial charge >= 0.3 is 0 Å². The van der Waals surface area contributed by atoms with Gasteiger partial charge in [0.15, 0.2) is 5.78 Å². The molecule has 0 aliphatic heterocycles. The minimum atomic E-state index is -0.171. The van der Waals surface area contributed by atoms with E-state index in [0.29, 0.717) is 10.0 Å². The van der Waals surface area contributed by atoms with E-state index in [-0.39, 0.29) is 11.7 Å². The van der Waals surface area contributed by atoms with Gasteiger partial charge in [-0.25, -0.2) is 0 Å². The average Bonchev–Trinajstić information content (AvgIpc) is 2.55. The van der Waals surface area contributed by atoms with E-state index in [4.69, 9.17) is 23.2 Å². The van der Waals surface area contributed by atoms with Crippen molar-refractivity contribution in [1.29, 1.82) is 0 Å². The minimum absolute atomic E-state index is 0.171. The average molecular weight is 312 g/mol. The van der Waals surface area contributed by atoms with E-state index in [1.165, 1.54) is 0 Å². The van der Waals surface area contributed by atoms with Crippen molar-refractivity contribution in [2.75, 3.05) is 14.1 Å². The second kappa shape index (κ2) is 6.64. The summed E-state index contributed by atoms with van der Waals surface area (Å²) >= 11 is 12.3. The van der Waals surface area contributed by atoms with Crippen molar-refractivity contribution in [2.45, 2.75) is 31.6 Å². The van der Waals surface area contributed by atoms with Crippen LogP contribution in [-0.4, -0.2) is 24.8 Å². The molecule has 0 heterocycles. The Hall–Kier alpha value is -0.990. The molecular formula is C16H19Cl2NO. The van der Waals surface area contributed by atoms with Crippen LogP contribution in [0.15, 0.2) is 30.0 Å². The zero-order valence-corrected chi connectivity index (χ0v) is 13.3. The standard InChI is InChI=1S/C16H19Cl2NO/c1-19(2)10-11-5-3-4-6-13(16(11)20)14-9-12(17)7-8-15(14)18/h7-10,13H,3-6H2,1-2H3. The molecule has 1 aliphatic rings. The number of hydrogen-bond acceptors (Lipinski definition) is 2. The Morgan fingerprint density at radius 3 is 2.70 bits per heavy atom. The van der Waals surface area contributed by atoms with Gasteiger partial charge in [0.05, 0.1) is 0 Å². The first-order chi connectivity index (χ1) is 9.49. The number of halogens is 2. The van der Waals surface area contributed by atoms with Crippen LogP contribution in [0.2, 0.25) is 10.0 Å². The third-order valence-electron chi connectivity index (χ3n) is 3.57. The van der Waals surface area contributed by atoms with E-state index >= 15 is 0 Å². The summed E-state index contributed by atoms with van der Waals surface area (Å²) < 4.78 is 0. The maximum Gasteiger partial charge on any atom is 0.167 e. The molecule has 0 amide bonds. The fourth-order valence-electron chi connectivity index (χ4n) is 2.66. The number of nitrogens with zero attached hydrogens (tertiary/aromatic N) is 1. The molecule has 0 saturated heterocycles. The Balaban J connectivity index is 2.39. The Kier molecular flexibility index (Phi) is 5.11. The van der Waals surface area contributed by atoms with Gasteiger partial charge in [-0.15, -0.1) is 0 Å². The van der Waals surface area contributed by atoms with Crippen molar-refractivity contribution < 1.29 is 4.79 Å². The largest absolute Gasteiger partial charge is 0.383 e. The fourth-order valence-corrected chi connectivity index (χ4v) is 3.09. The van der Waals surface area contributed by atoms with Crippen LogP contribution in [0.1, 0.15) is 37.2 Å². The summed E-state index contributed by atoms with van der Waals surface area (Å²) in [6, 6.07) is 5.35. The van der Waals surface area contributed by atoms with Gasteiger partial charge in [-0.05, 0) is 43.0 Å². The molecule has 108 valence electrons. The molecule has 1 aromatic rings. The molecule has 1 atom stereocenters. The van der Waals surface area contributed by atoms with Crippen LogP contribution in [0.4, 0.5) is 0 Å². The van der Waals surface area contributed by atoms with Crippen LogP contribution < -0.4 is 0 Å². The lowest BCUT2D eigenvalue weighted by molar-refractivity contribution is -0.117. The van der Waals surface area contributed by atoms with E-state index < -0.39 is 0 Å². The van der Waals surface area contributed by atoms with Gasteiger partial charge in [-0.3, -0.25) is 4.79 Å². The Labute approximate surface area is 130 Å². The van der Waals surface area contributed by atoms with E-state index in [1.807, 2.05) is 31.3 Å². The van der Waals surface area contributed by atoms with Crippen molar-refractivity contribution >= 4 is 29.0 Å². The van der Waals surface area contributed by atoms with Crippen molar-refractivity contribution in [2.24, 2.45) is 0 Å². The first kappa shape index (κ1) is 15.4. The fraction of sp³-hybridized carbons (Fsp3) is 0.438. The van der Waals surface area contributed by atoms with Crippen LogP contribution in [0, 0.1) is 0 Å². The highest BCUT2D eigenvalue weighted by atomic mass is 35.5. The molecule has 2 nitrogen and oxygen atoms in total. The van der Waals surface area contributed by atoms with E-state index in [0.717, 1.165) is 36.8 Å². The summed E-state index contributed by atoms with van der Waals surface area (Å²) in [5, 5.41) is 1.25. The second-order valence-corrected chi connectivity index (χ2v) is 6.29. The Morgan fingerprint density at radius 2 is 2.00 bits per heavy atom. The number of hydrogen-bond donors (Lipinski definition) is 0. The molecule has 4 heteroatoms. The zero-order chi connectivity index (χ0) is 14.7. The number of carbonyl (C=O) groups excluding carboxylic acids is 1. The summed E-state index contributed by atoms with van der Waals surface area (Å²) in [6.07, 6.45) is 5.68. The smallest absolute Gasteiger partial charge is 0.167 e. The SMILES string of the molecule is CN(C)C=C1CCCCC(c2cc(Cl)ccc2Cl)C1=O. The van der Waals surface area contributed by atoms with Gasteiger partial charge < -0.3 is 4.90 Å². The monoisotopic (exact) mass is 311 g/mol. The van der Waals surface area contributed by atoms with Gasteiger partial charge in [-0.1, -0.05) is 29.6 Å².